The monoisotopic (exact) mass is 433 g/mol. The predicted molar refractivity (Wildman–Crippen MR) is 120 cm³/mol. The number of rotatable bonds is 9. The summed E-state index contributed by atoms with van der Waals surface area (Å²) in [4.78, 5) is 16.0. The number of para-hydroxylation sites is 1. The van der Waals surface area contributed by atoms with Gasteiger partial charge in [0, 0.05) is 29.8 Å². The van der Waals surface area contributed by atoms with Gasteiger partial charge in [-0.25, -0.2) is 14.5 Å². The van der Waals surface area contributed by atoms with Crippen molar-refractivity contribution in [3.63, 3.8) is 0 Å². The molecule has 0 aliphatic carbocycles. The van der Waals surface area contributed by atoms with E-state index in [9.17, 15) is 9.90 Å². The van der Waals surface area contributed by atoms with E-state index in [1.165, 1.54) is 0 Å². The van der Waals surface area contributed by atoms with Crippen LogP contribution in [0, 0.1) is 0 Å². The lowest BCUT2D eigenvalue weighted by atomic mass is 10.0. The summed E-state index contributed by atoms with van der Waals surface area (Å²) >= 11 is 0. The third-order valence-corrected chi connectivity index (χ3v) is 5.04. The molecule has 0 amide bonds. The highest BCUT2D eigenvalue weighted by Crippen LogP contribution is 2.35. The first-order chi connectivity index (χ1) is 15.6. The largest absolute Gasteiger partial charge is 0.496 e. The lowest BCUT2D eigenvalue weighted by Gasteiger charge is -2.07. The zero-order valence-corrected chi connectivity index (χ0v) is 17.8. The summed E-state index contributed by atoms with van der Waals surface area (Å²) in [5.41, 5.74) is 3.95. The fourth-order valence-corrected chi connectivity index (χ4v) is 3.47. The van der Waals surface area contributed by atoms with Gasteiger partial charge in [0.1, 0.15) is 18.2 Å². The maximum Gasteiger partial charge on any atom is 0.335 e. The molecule has 0 unspecified atom stereocenters. The Morgan fingerprint density at radius 2 is 1.88 bits per heavy atom. The summed E-state index contributed by atoms with van der Waals surface area (Å²) in [6.07, 6.45) is 1.71. The van der Waals surface area contributed by atoms with E-state index in [1.54, 1.807) is 43.3 Å². The zero-order chi connectivity index (χ0) is 22.5. The van der Waals surface area contributed by atoms with Crippen LogP contribution < -0.4 is 4.74 Å². The number of hydrogen-bond acceptors (Lipinski definition) is 6. The topological polar surface area (TPSA) is 95.7 Å². The number of hydrogen-bond donors (Lipinski definition) is 1. The molecular formula is C24H23N3O5. The maximum absolute atomic E-state index is 11.4. The van der Waals surface area contributed by atoms with E-state index >= 15 is 0 Å². The zero-order valence-electron chi connectivity index (χ0n) is 17.8. The van der Waals surface area contributed by atoms with Crippen molar-refractivity contribution in [2.24, 2.45) is 0 Å². The van der Waals surface area contributed by atoms with Crippen molar-refractivity contribution < 1.29 is 24.1 Å². The van der Waals surface area contributed by atoms with Crippen LogP contribution in [0.25, 0.3) is 33.4 Å². The van der Waals surface area contributed by atoms with Gasteiger partial charge in [-0.05, 0) is 35.9 Å². The Morgan fingerprint density at radius 1 is 1.03 bits per heavy atom. The van der Waals surface area contributed by atoms with Crippen LogP contribution in [0.15, 0.2) is 60.8 Å². The first-order valence-corrected chi connectivity index (χ1v) is 10.0. The average Bonchev–Trinajstić information content (AvgIpc) is 3.19. The number of carbonyl (C=O) groups is 1. The second-order valence-corrected chi connectivity index (χ2v) is 7.06. The van der Waals surface area contributed by atoms with Gasteiger partial charge in [0.05, 0.1) is 25.9 Å². The van der Waals surface area contributed by atoms with E-state index in [1.807, 2.05) is 36.4 Å². The molecule has 0 atom stereocenters. The SMILES string of the molecule is COCCOCn1nc(-c2ccccc2OC)c2cc(-c3cccc(C(=O)O)c3)cnc21. The lowest BCUT2D eigenvalue weighted by Crippen LogP contribution is -2.09. The molecular weight excluding hydrogens is 410 g/mol. The first-order valence-electron chi connectivity index (χ1n) is 10.0. The molecule has 4 aromatic rings. The van der Waals surface area contributed by atoms with Crippen LogP contribution in [-0.2, 0) is 16.2 Å². The second-order valence-electron chi connectivity index (χ2n) is 7.06. The average molecular weight is 433 g/mol. The van der Waals surface area contributed by atoms with Crippen LogP contribution in [0.2, 0.25) is 0 Å². The van der Waals surface area contributed by atoms with Gasteiger partial charge in [-0.15, -0.1) is 0 Å². The number of nitrogens with zero attached hydrogens (tertiary/aromatic N) is 3. The van der Waals surface area contributed by atoms with Gasteiger partial charge in [-0.1, -0.05) is 24.3 Å². The summed E-state index contributed by atoms with van der Waals surface area (Å²) in [6.45, 7) is 1.13. The number of methoxy groups -OCH3 is 2. The highest BCUT2D eigenvalue weighted by atomic mass is 16.5. The minimum Gasteiger partial charge on any atom is -0.496 e. The quantitative estimate of drug-likeness (QED) is 0.397. The molecule has 1 N–H and O–H groups in total. The van der Waals surface area contributed by atoms with Gasteiger partial charge < -0.3 is 19.3 Å². The fraction of sp³-hybridized carbons (Fsp3) is 0.208. The molecule has 0 radical (unpaired) electrons. The molecule has 2 heterocycles. The van der Waals surface area contributed by atoms with E-state index in [2.05, 4.69) is 4.98 Å². The Kier molecular flexibility index (Phi) is 6.44. The van der Waals surface area contributed by atoms with Gasteiger partial charge in [0.2, 0.25) is 0 Å². The van der Waals surface area contributed by atoms with Gasteiger partial charge >= 0.3 is 5.97 Å². The molecule has 2 aromatic carbocycles. The number of ether oxygens (including phenoxy) is 3. The van der Waals surface area contributed by atoms with Crippen LogP contribution in [0.5, 0.6) is 5.75 Å². The highest BCUT2D eigenvalue weighted by molar-refractivity contribution is 5.96. The van der Waals surface area contributed by atoms with Gasteiger partial charge in [-0.2, -0.15) is 5.10 Å². The van der Waals surface area contributed by atoms with Gasteiger partial charge in [-0.3, -0.25) is 0 Å². The molecule has 0 aliphatic heterocycles. The molecule has 0 bridgehead atoms. The number of pyridine rings is 1. The van der Waals surface area contributed by atoms with Gasteiger partial charge in [0.15, 0.2) is 5.65 Å². The highest BCUT2D eigenvalue weighted by Gasteiger charge is 2.18. The fourth-order valence-electron chi connectivity index (χ4n) is 3.47. The molecule has 164 valence electrons. The molecule has 2 aromatic heterocycles. The van der Waals surface area contributed by atoms with Crippen molar-refractivity contribution in [3.8, 4) is 28.1 Å². The minimum absolute atomic E-state index is 0.217. The van der Waals surface area contributed by atoms with Crippen molar-refractivity contribution in [2.45, 2.75) is 6.73 Å². The standard InChI is InChI=1S/C24H23N3O5/c1-30-10-11-32-15-27-23-20(22(26-27)19-8-3-4-9-21(19)31-2)13-18(14-25-23)16-6-5-7-17(12-16)24(28)29/h3-9,12-14H,10-11,15H2,1-2H3,(H,28,29). The number of carboxylic acid groups (broad SMARTS) is 1. The molecule has 4 rings (SSSR count). The normalized spacial score (nSPS) is 11.1. The summed E-state index contributed by atoms with van der Waals surface area (Å²) in [7, 11) is 3.24. The Bertz CT molecular complexity index is 1250. The lowest BCUT2D eigenvalue weighted by molar-refractivity contribution is 0.0307. The molecule has 32 heavy (non-hydrogen) atoms. The van der Waals surface area contributed by atoms with Crippen molar-refractivity contribution in [3.05, 3.63) is 66.4 Å². The molecule has 8 heteroatoms. The molecule has 0 saturated heterocycles. The first kappa shape index (κ1) is 21.5. The van der Waals surface area contributed by atoms with Crippen LogP contribution in [0.3, 0.4) is 0 Å². The van der Waals surface area contributed by atoms with Crippen LogP contribution in [0.1, 0.15) is 10.4 Å². The summed E-state index contributed by atoms with van der Waals surface area (Å²) in [5, 5.41) is 14.9. The summed E-state index contributed by atoms with van der Waals surface area (Å²) in [5.74, 6) is -0.283. The van der Waals surface area contributed by atoms with Crippen molar-refractivity contribution in [1.29, 1.82) is 0 Å². The van der Waals surface area contributed by atoms with Crippen molar-refractivity contribution in [2.75, 3.05) is 27.4 Å². The van der Waals surface area contributed by atoms with E-state index in [0.29, 0.717) is 30.3 Å². The van der Waals surface area contributed by atoms with E-state index in [4.69, 9.17) is 19.3 Å². The van der Waals surface area contributed by atoms with Crippen molar-refractivity contribution >= 4 is 17.0 Å². The number of benzene rings is 2. The van der Waals surface area contributed by atoms with E-state index in [-0.39, 0.29) is 12.3 Å². The van der Waals surface area contributed by atoms with Gasteiger partial charge in [0.25, 0.3) is 0 Å². The van der Waals surface area contributed by atoms with Crippen LogP contribution in [0.4, 0.5) is 0 Å². The Morgan fingerprint density at radius 3 is 2.66 bits per heavy atom. The number of aromatic nitrogens is 3. The van der Waals surface area contributed by atoms with Crippen LogP contribution >= 0.6 is 0 Å². The summed E-state index contributed by atoms with van der Waals surface area (Å²) in [6, 6.07) is 16.4. The molecule has 8 nitrogen and oxygen atoms in total. The van der Waals surface area contributed by atoms with E-state index < -0.39 is 5.97 Å². The maximum atomic E-state index is 11.4. The molecule has 0 fully saturated rings. The van der Waals surface area contributed by atoms with E-state index in [0.717, 1.165) is 22.1 Å². The third-order valence-electron chi connectivity index (χ3n) is 5.04. The minimum atomic E-state index is -0.975. The van der Waals surface area contributed by atoms with Crippen molar-refractivity contribution in [1.82, 2.24) is 14.8 Å². The predicted octanol–water partition coefficient (Wildman–Crippen LogP) is 4.09. The Balaban J connectivity index is 1.84. The van der Waals surface area contributed by atoms with Crippen LogP contribution in [-0.4, -0.2) is 53.3 Å². The number of fused-ring (bicyclic) bond motifs is 1. The third kappa shape index (κ3) is 4.32. The Labute approximate surface area is 185 Å². The number of aromatic carboxylic acids is 1. The molecule has 0 saturated carbocycles. The second kappa shape index (κ2) is 9.59. The molecule has 0 aliphatic rings. The summed E-state index contributed by atoms with van der Waals surface area (Å²) < 4.78 is 17.9. The number of carboxylic acids is 1. The smallest absolute Gasteiger partial charge is 0.335 e. The molecule has 0 spiro atoms. The Hall–Kier alpha value is -3.75.